The molecule has 0 bridgehead atoms. The summed E-state index contributed by atoms with van der Waals surface area (Å²) in [5, 5.41) is 24.4. The Kier molecular flexibility index (Phi) is 17.4. The first-order valence-electron chi connectivity index (χ1n) is 27.6. The van der Waals surface area contributed by atoms with Crippen molar-refractivity contribution in [2.24, 2.45) is 11.3 Å². The van der Waals surface area contributed by atoms with Crippen LogP contribution in [0.15, 0.2) is 114 Å². The van der Waals surface area contributed by atoms with Crippen molar-refractivity contribution in [2.75, 3.05) is 61.9 Å². The minimum Gasteiger partial charge on any atom is -0.455 e. The number of amides is 4. The number of sulfonamides is 1. The smallest absolute Gasteiger partial charge is 0.268 e. The van der Waals surface area contributed by atoms with Crippen molar-refractivity contribution in [3.8, 4) is 23.3 Å². The average molecular weight is 1140 g/mol. The van der Waals surface area contributed by atoms with E-state index in [0.29, 0.717) is 71.8 Å². The molecule has 3 aliphatic heterocycles. The molecule has 0 radical (unpaired) electrons. The SMILES string of the molecule is CC1(C)CCC(CNCCNc2ccc(C(=O)NS(=O)(=O)c3ccc(NCC4CCN(CCCC#Cc5cccc6c5CN(C5CCC(=O)NC5=O)C6=O)CC4)c(NO)c3)c(Oc3cnc4[nH]ccc4c3)c2)=C(c2ccc(Cl)cc2)C1. The molecule has 422 valence electrons. The first-order valence-corrected chi connectivity index (χ1v) is 29.5. The number of aromatic nitrogens is 2. The van der Waals surface area contributed by atoms with Crippen molar-refractivity contribution in [1.82, 2.24) is 35.1 Å². The minimum atomic E-state index is -4.45. The van der Waals surface area contributed by atoms with Gasteiger partial charge in [0.15, 0.2) is 0 Å². The molecule has 4 aromatic carbocycles. The number of imide groups is 1. The molecule has 1 atom stereocenters. The molecule has 10 rings (SSSR count). The summed E-state index contributed by atoms with van der Waals surface area (Å²) in [5.74, 6) is 5.45. The Hall–Kier alpha value is -7.73. The van der Waals surface area contributed by atoms with Crippen LogP contribution in [0.3, 0.4) is 0 Å². The van der Waals surface area contributed by atoms with Gasteiger partial charge in [0.2, 0.25) is 11.8 Å². The number of allylic oxidation sites excluding steroid dienone is 1. The minimum absolute atomic E-state index is 0.0230. The molecule has 20 heteroatoms. The summed E-state index contributed by atoms with van der Waals surface area (Å²) in [6.07, 6.45) is 10.3. The molecule has 6 aromatic rings. The summed E-state index contributed by atoms with van der Waals surface area (Å²) in [5.41, 5.74) is 10.3. The lowest BCUT2D eigenvalue weighted by molar-refractivity contribution is -0.136. The fourth-order valence-corrected chi connectivity index (χ4v) is 12.2. The highest BCUT2D eigenvalue weighted by molar-refractivity contribution is 7.90. The van der Waals surface area contributed by atoms with E-state index >= 15 is 0 Å². The van der Waals surface area contributed by atoms with Gasteiger partial charge in [0.05, 0.1) is 28.0 Å². The van der Waals surface area contributed by atoms with E-state index < -0.39 is 27.9 Å². The van der Waals surface area contributed by atoms with Crippen LogP contribution in [0.1, 0.15) is 109 Å². The van der Waals surface area contributed by atoms with Crippen molar-refractivity contribution in [1.29, 1.82) is 0 Å². The lowest BCUT2D eigenvalue weighted by atomic mass is 9.72. The number of carbonyl (C=O) groups is 4. The number of rotatable bonds is 20. The Morgan fingerprint density at radius 1 is 0.938 bits per heavy atom. The van der Waals surface area contributed by atoms with Gasteiger partial charge < -0.3 is 35.5 Å². The van der Waals surface area contributed by atoms with E-state index in [-0.39, 0.29) is 52.1 Å². The molecule has 2 saturated heterocycles. The van der Waals surface area contributed by atoms with Gasteiger partial charge in [0, 0.05) is 85.1 Å². The fourth-order valence-electron chi connectivity index (χ4n) is 11.1. The second-order valence-electron chi connectivity index (χ2n) is 22.0. The maximum absolute atomic E-state index is 14.0. The Balaban J connectivity index is 0.709. The van der Waals surface area contributed by atoms with Crippen LogP contribution in [0.2, 0.25) is 5.02 Å². The zero-order valence-corrected chi connectivity index (χ0v) is 47.0. The number of likely N-dealkylation sites (tertiary alicyclic amines) is 1. The summed E-state index contributed by atoms with van der Waals surface area (Å²) in [6.45, 7) is 10.1. The quantitative estimate of drug-likeness (QED) is 0.0154. The number of hydrogen-bond acceptors (Lipinski definition) is 14. The normalized spacial score (nSPS) is 17.6. The summed E-state index contributed by atoms with van der Waals surface area (Å²) in [7, 11) is -4.45. The first kappa shape index (κ1) is 56.5. The highest BCUT2D eigenvalue weighted by Gasteiger charge is 2.40. The molecular formula is C61H67ClN10O8S. The van der Waals surface area contributed by atoms with Crippen LogP contribution < -0.4 is 36.2 Å². The van der Waals surface area contributed by atoms with Crippen LogP contribution >= 0.6 is 11.6 Å². The number of hydrogen-bond donors (Lipinski definition) is 8. The maximum Gasteiger partial charge on any atom is 0.268 e. The third-order valence-corrected chi connectivity index (χ3v) is 17.3. The summed E-state index contributed by atoms with van der Waals surface area (Å²) < 4.78 is 36.2. The number of aromatic amines is 1. The van der Waals surface area contributed by atoms with Gasteiger partial charge in [-0.2, -0.15) is 0 Å². The zero-order chi connectivity index (χ0) is 56.7. The van der Waals surface area contributed by atoms with Crippen molar-refractivity contribution in [3.63, 3.8) is 0 Å². The molecule has 4 amide bonds. The second-order valence-corrected chi connectivity index (χ2v) is 24.1. The van der Waals surface area contributed by atoms with Crippen molar-refractivity contribution in [3.05, 3.63) is 142 Å². The lowest BCUT2D eigenvalue weighted by Crippen LogP contribution is -2.52. The highest BCUT2D eigenvalue weighted by Crippen LogP contribution is 2.43. The van der Waals surface area contributed by atoms with Crippen LogP contribution in [0.25, 0.3) is 16.6 Å². The first-order chi connectivity index (χ1) is 39.1. The summed E-state index contributed by atoms with van der Waals surface area (Å²) >= 11 is 6.22. The number of carbonyl (C=O) groups excluding carboxylic acids is 4. The van der Waals surface area contributed by atoms with E-state index in [4.69, 9.17) is 16.3 Å². The van der Waals surface area contributed by atoms with Crippen molar-refractivity contribution in [2.45, 2.75) is 89.1 Å². The van der Waals surface area contributed by atoms with Gasteiger partial charge in [-0.05, 0) is 159 Å². The molecule has 2 fully saturated rings. The third-order valence-electron chi connectivity index (χ3n) is 15.7. The van der Waals surface area contributed by atoms with Gasteiger partial charge in [-0.25, -0.2) is 18.1 Å². The second kappa shape index (κ2) is 25.0. The van der Waals surface area contributed by atoms with Gasteiger partial charge in [0.1, 0.15) is 23.2 Å². The number of benzene rings is 4. The number of unbranched alkanes of at least 4 members (excludes halogenated alkanes) is 1. The number of fused-ring (bicyclic) bond motifs is 2. The van der Waals surface area contributed by atoms with Gasteiger partial charge in [-0.1, -0.05) is 61.1 Å². The molecule has 5 heterocycles. The third kappa shape index (κ3) is 13.7. The van der Waals surface area contributed by atoms with Crippen molar-refractivity contribution < 1.29 is 37.5 Å². The van der Waals surface area contributed by atoms with Crippen LogP contribution in [0, 0.1) is 23.2 Å². The molecule has 81 heavy (non-hydrogen) atoms. The van der Waals surface area contributed by atoms with E-state index in [1.165, 1.54) is 41.1 Å². The molecule has 1 unspecified atom stereocenters. The lowest BCUT2D eigenvalue weighted by Gasteiger charge is -2.34. The molecular weight excluding hydrogens is 1070 g/mol. The number of ether oxygens (including phenoxy) is 1. The number of anilines is 3. The van der Waals surface area contributed by atoms with Crippen LogP contribution in [-0.4, -0.2) is 109 Å². The number of nitrogens with zero attached hydrogens (tertiary/aromatic N) is 3. The van der Waals surface area contributed by atoms with E-state index in [2.05, 4.69) is 84.2 Å². The highest BCUT2D eigenvalue weighted by atomic mass is 35.5. The maximum atomic E-state index is 14.0. The van der Waals surface area contributed by atoms with Crippen LogP contribution in [0.4, 0.5) is 17.1 Å². The number of nitrogens with one attached hydrogen (secondary N) is 7. The zero-order valence-electron chi connectivity index (χ0n) is 45.4. The average Bonchev–Trinajstić information content (AvgIpc) is 4.08. The van der Waals surface area contributed by atoms with E-state index in [1.54, 1.807) is 41.4 Å². The topological polar surface area (TPSA) is 239 Å². The summed E-state index contributed by atoms with van der Waals surface area (Å²) in [6, 6.07) is 25.6. The number of H-pyrrole nitrogens is 1. The summed E-state index contributed by atoms with van der Waals surface area (Å²) in [4.78, 5) is 62.6. The molecule has 18 nitrogen and oxygen atoms in total. The molecule has 8 N–H and O–H groups in total. The largest absolute Gasteiger partial charge is 0.455 e. The Morgan fingerprint density at radius 3 is 2.57 bits per heavy atom. The monoisotopic (exact) mass is 1130 g/mol. The van der Waals surface area contributed by atoms with E-state index in [0.717, 1.165) is 81.2 Å². The van der Waals surface area contributed by atoms with Crippen molar-refractivity contribution >= 4 is 78.9 Å². The molecule has 0 spiro atoms. The van der Waals surface area contributed by atoms with Gasteiger partial charge >= 0.3 is 0 Å². The predicted octanol–water partition coefficient (Wildman–Crippen LogP) is 9.31. The fraction of sp³-hybridized carbons (Fsp3) is 0.361. The van der Waals surface area contributed by atoms with Crippen LogP contribution in [0.5, 0.6) is 11.5 Å². The van der Waals surface area contributed by atoms with Gasteiger partial charge in [-0.15, -0.1) is 0 Å². The standard InChI is InChI=1S/C61H67ClN10O8S/c1-61(2)24-20-43(50(34-61)41-10-12-44(62)13-11-41)36-63-26-27-64-45-14-16-49(55(32-45)80-46-31-42-21-25-65-57(42)67-37-46)58(74)70-81(78,79)47-15-17-52(53(33-47)69-77)66-35-39-22-29-71(30-23-39)28-5-3-4-7-40-8-6-9-48-51(40)38-72(60(48)76)54-18-19-56(73)68-59(54)75/h6,8-17,21,25,31-33,37,39,54,63-64,66,69,77H,3,5,18-20,22-24,26-30,34-36,38H2,1-2H3,(H,65,67)(H,70,74)(H,68,73,75). The number of pyridine rings is 1. The number of halogens is 1. The molecule has 4 aliphatic rings. The molecule has 2 aromatic heterocycles. The van der Waals surface area contributed by atoms with E-state index in [9.17, 15) is 32.8 Å². The predicted molar refractivity (Wildman–Crippen MR) is 313 cm³/mol. The van der Waals surface area contributed by atoms with Gasteiger partial charge in [-0.3, -0.25) is 35.2 Å². The molecule has 1 aliphatic carbocycles. The molecule has 0 saturated carbocycles. The van der Waals surface area contributed by atoms with E-state index in [1.807, 2.05) is 30.3 Å². The van der Waals surface area contributed by atoms with Crippen LogP contribution in [-0.2, 0) is 26.2 Å². The number of piperidine rings is 2. The van der Waals surface area contributed by atoms with Gasteiger partial charge in [0.25, 0.3) is 21.8 Å². The Bertz CT molecular complexity index is 3570. The Morgan fingerprint density at radius 2 is 1.77 bits per heavy atom. The Labute approximate surface area is 476 Å².